The number of carbonyl (C=O) groups is 2. The topological polar surface area (TPSA) is 53.5 Å². The molecule has 0 bridgehead atoms. The van der Waals surface area contributed by atoms with Crippen LogP contribution >= 0.6 is 11.3 Å². The van der Waals surface area contributed by atoms with Crippen molar-refractivity contribution in [1.82, 2.24) is 4.98 Å². The average Bonchev–Trinajstić information content (AvgIpc) is 3.59. The number of nitrogens with zero attached hydrogens (tertiary/aromatic N) is 3. The number of aromatic nitrogens is 1. The predicted molar refractivity (Wildman–Crippen MR) is 126 cm³/mol. The van der Waals surface area contributed by atoms with Crippen LogP contribution in [0.3, 0.4) is 0 Å². The molecule has 5 rings (SSSR count). The van der Waals surface area contributed by atoms with Gasteiger partial charge in [-0.25, -0.2) is 4.98 Å². The van der Waals surface area contributed by atoms with Gasteiger partial charge in [-0.1, -0.05) is 31.7 Å². The van der Waals surface area contributed by atoms with Crippen LogP contribution in [-0.2, 0) is 16.0 Å². The molecule has 2 saturated carbocycles. The maximum Gasteiger partial charge on any atom is 0.231 e. The van der Waals surface area contributed by atoms with E-state index in [1.165, 1.54) is 29.7 Å². The van der Waals surface area contributed by atoms with Gasteiger partial charge in [-0.05, 0) is 56.2 Å². The Bertz CT molecular complexity index is 973. The Morgan fingerprint density at radius 1 is 1.03 bits per heavy atom. The zero-order valence-electron chi connectivity index (χ0n) is 18.3. The molecule has 164 valence electrons. The highest BCUT2D eigenvalue weighted by molar-refractivity contribution is 7.14. The summed E-state index contributed by atoms with van der Waals surface area (Å²) in [4.78, 5) is 34.3. The molecular weight excluding hydrogens is 406 g/mol. The van der Waals surface area contributed by atoms with Crippen molar-refractivity contribution in [3.05, 3.63) is 29.1 Å². The minimum absolute atomic E-state index is 0.157. The van der Waals surface area contributed by atoms with Crippen molar-refractivity contribution in [2.45, 2.75) is 64.2 Å². The van der Waals surface area contributed by atoms with E-state index >= 15 is 0 Å². The van der Waals surface area contributed by atoms with E-state index < -0.39 is 0 Å². The molecule has 2 heterocycles. The monoisotopic (exact) mass is 437 g/mol. The fraction of sp³-hybridized carbons (Fsp3) is 0.560. The molecule has 5 nitrogen and oxygen atoms in total. The van der Waals surface area contributed by atoms with Gasteiger partial charge in [-0.2, -0.15) is 0 Å². The lowest BCUT2D eigenvalue weighted by Crippen LogP contribution is -2.39. The molecule has 1 aliphatic heterocycles. The standard InChI is InChI=1S/C25H31N3O2S/c1-27(23(29)17-7-2-3-8-17)25-26-21(16-31-25)19-12-13-22-20(15-19)11-6-14-28(22)24(30)18-9-4-5-10-18/h12-13,15-18H,2-11,14H2,1H3. The van der Waals surface area contributed by atoms with Gasteiger partial charge < -0.3 is 4.90 Å². The minimum atomic E-state index is 0.157. The fourth-order valence-corrected chi connectivity index (χ4v) is 6.28. The molecule has 2 aromatic rings. The van der Waals surface area contributed by atoms with Crippen LogP contribution in [-0.4, -0.2) is 30.4 Å². The van der Waals surface area contributed by atoms with Crippen LogP contribution in [0.1, 0.15) is 63.4 Å². The number of anilines is 2. The number of aryl methyl sites for hydroxylation is 1. The number of fused-ring (bicyclic) bond motifs is 1. The van der Waals surface area contributed by atoms with Gasteiger partial charge in [0, 0.05) is 42.1 Å². The molecule has 6 heteroatoms. The van der Waals surface area contributed by atoms with Gasteiger partial charge in [0.1, 0.15) is 0 Å². The molecule has 3 aliphatic rings. The van der Waals surface area contributed by atoms with Crippen LogP contribution in [0.15, 0.2) is 23.6 Å². The van der Waals surface area contributed by atoms with E-state index in [4.69, 9.17) is 4.98 Å². The fourth-order valence-electron chi connectivity index (χ4n) is 5.47. The van der Waals surface area contributed by atoms with Crippen LogP contribution in [0.4, 0.5) is 10.8 Å². The van der Waals surface area contributed by atoms with Crippen molar-refractivity contribution in [1.29, 1.82) is 0 Å². The van der Waals surface area contributed by atoms with Gasteiger partial charge in [0.25, 0.3) is 0 Å². The third kappa shape index (κ3) is 4.02. The summed E-state index contributed by atoms with van der Waals surface area (Å²) in [6, 6.07) is 6.38. The van der Waals surface area contributed by atoms with Crippen molar-refractivity contribution in [2.75, 3.05) is 23.4 Å². The molecule has 0 saturated heterocycles. The maximum absolute atomic E-state index is 13.0. The number of carbonyl (C=O) groups excluding carboxylic acids is 2. The SMILES string of the molecule is CN(C(=O)C1CCCC1)c1nc(-c2ccc3c(c2)CCCN3C(=O)C2CCCC2)cs1. The molecule has 1 aromatic heterocycles. The second kappa shape index (κ2) is 8.73. The molecule has 0 N–H and O–H groups in total. The van der Waals surface area contributed by atoms with E-state index in [1.54, 1.807) is 4.90 Å². The molecule has 31 heavy (non-hydrogen) atoms. The van der Waals surface area contributed by atoms with Gasteiger partial charge in [0.15, 0.2) is 5.13 Å². The summed E-state index contributed by atoms with van der Waals surface area (Å²) in [6.07, 6.45) is 10.8. The number of hydrogen-bond acceptors (Lipinski definition) is 4. The first kappa shape index (κ1) is 20.7. The van der Waals surface area contributed by atoms with Gasteiger partial charge in [-0.3, -0.25) is 14.5 Å². The number of amides is 2. The molecule has 1 aromatic carbocycles. The van der Waals surface area contributed by atoms with E-state index in [0.29, 0.717) is 5.91 Å². The average molecular weight is 438 g/mol. The Labute approximate surface area is 188 Å². The third-order valence-corrected chi connectivity index (χ3v) is 8.20. The van der Waals surface area contributed by atoms with Gasteiger partial charge in [-0.15, -0.1) is 11.3 Å². The van der Waals surface area contributed by atoms with Crippen molar-refractivity contribution < 1.29 is 9.59 Å². The summed E-state index contributed by atoms with van der Waals surface area (Å²) < 4.78 is 0. The van der Waals surface area contributed by atoms with Crippen LogP contribution < -0.4 is 9.80 Å². The Balaban J connectivity index is 1.35. The normalized spacial score (nSPS) is 19.6. The lowest BCUT2D eigenvalue weighted by molar-refractivity contribution is -0.122. The van der Waals surface area contributed by atoms with E-state index in [0.717, 1.165) is 80.0 Å². The Morgan fingerprint density at radius 3 is 2.48 bits per heavy atom. The first-order valence-corrected chi connectivity index (χ1v) is 12.7. The van der Waals surface area contributed by atoms with Crippen molar-refractivity contribution in [3.63, 3.8) is 0 Å². The highest BCUT2D eigenvalue weighted by Crippen LogP contribution is 2.36. The zero-order chi connectivity index (χ0) is 21.4. The quantitative estimate of drug-likeness (QED) is 0.641. The summed E-state index contributed by atoms with van der Waals surface area (Å²) in [5, 5.41) is 2.81. The lowest BCUT2D eigenvalue weighted by atomic mass is 9.96. The van der Waals surface area contributed by atoms with Crippen LogP contribution in [0.5, 0.6) is 0 Å². The summed E-state index contributed by atoms with van der Waals surface area (Å²) >= 11 is 1.53. The van der Waals surface area contributed by atoms with Crippen LogP contribution in [0.25, 0.3) is 11.3 Å². The third-order valence-electron chi connectivity index (χ3n) is 7.28. The summed E-state index contributed by atoms with van der Waals surface area (Å²) in [5.41, 5.74) is 4.29. The van der Waals surface area contributed by atoms with E-state index in [9.17, 15) is 9.59 Å². The van der Waals surface area contributed by atoms with Gasteiger partial charge in [0.05, 0.1) is 5.69 Å². The van der Waals surface area contributed by atoms with E-state index in [1.807, 2.05) is 17.3 Å². The van der Waals surface area contributed by atoms with Gasteiger partial charge in [0.2, 0.25) is 11.8 Å². The maximum atomic E-state index is 13.0. The summed E-state index contributed by atoms with van der Waals surface area (Å²) in [7, 11) is 1.85. The number of hydrogen-bond donors (Lipinski definition) is 0. The largest absolute Gasteiger partial charge is 0.312 e. The molecule has 0 radical (unpaired) electrons. The summed E-state index contributed by atoms with van der Waals surface area (Å²) in [6.45, 7) is 0.830. The zero-order valence-corrected chi connectivity index (χ0v) is 19.1. The predicted octanol–water partition coefficient (Wildman–Crippen LogP) is 5.43. The lowest BCUT2D eigenvalue weighted by Gasteiger charge is -2.31. The molecule has 2 amide bonds. The van der Waals surface area contributed by atoms with Crippen LogP contribution in [0.2, 0.25) is 0 Å². The summed E-state index contributed by atoms with van der Waals surface area (Å²) in [5.74, 6) is 0.878. The van der Waals surface area contributed by atoms with Gasteiger partial charge >= 0.3 is 0 Å². The molecule has 0 unspecified atom stereocenters. The smallest absolute Gasteiger partial charge is 0.231 e. The first-order valence-electron chi connectivity index (χ1n) is 11.8. The van der Waals surface area contributed by atoms with Crippen molar-refractivity contribution in [2.24, 2.45) is 11.8 Å². The first-order chi connectivity index (χ1) is 15.1. The second-order valence-electron chi connectivity index (χ2n) is 9.31. The van der Waals surface area contributed by atoms with E-state index in [2.05, 4.69) is 18.2 Å². The molecule has 0 atom stereocenters. The highest BCUT2D eigenvalue weighted by Gasteiger charge is 2.31. The Kier molecular flexibility index (Phi) is 5.83. The number of thiazole rings is 1. The second-order valence-corrected chi connectivity index (χ2v) is 10.1. The Hall–Kier alpha value is -2.21. The van der Waals surface area contributed by atoms with Crippen molar-refractivity contribution in [3.8, 4) is 11.3 Å². The minimum Gasteiger partial charge on any atom is -0.312 e. The number of benzene rings is 1. The van der Waals surface area contributed by atoms with E-state index in [-0.39, 0.29) is 17.7 Å². The molecule has 2 fully saturated rings. The molecule has 0 spiro atoms. The molecular formula is C25H31N3O2S. The molecule has 2 aliphatic carbocycles. The Morgan fingerprint density at radius 2 is 1.74 bits per heavy atom. The van der Waals surface area contributed by atoms with Crippen LogP contribution in [0, 0.1) is 11.8 Å². The number of rotatable bonds is 4. The highest BCUT2D eigenvalue weighted by atomic mass is 32.1. The van der Waals surface area contributed by atoms with Crippen molar-refractivity contribution >= 4 is 34.0 Å².